The van der Waals surface area contributed by atoms with E-state index in [1.807, 2.05) is 41.8 Å². The first-order chi connectivity index (χ1) is 16.1. The van der Waals surface area contributed by atoms with Crippen molar-refractivity contribution in [3.8, 4) is 11.8 Å². The number of carbonyl (C=O) groups excluding carboxylic acids is 2. The Morgan fingerprint density at radius 1 is 1.06 bits per heavy atom. The maximum absolute atomic E-state index is 12.8. The molecule has 0 fully saturated rings. The number of nitriles is 1. The zero-order valence-corrected chi connectivity index (χ0v) is 18.6. The van der Waals surface area contributed by atoms with E-state index in [1.54, 1.807) is 37.4 Å². The number of hydrogen-bond acceptors (Lipinski definition) is 6. The summed E-state index contributed by atoms with van der Waals surface area (Å²) in [6, 6.07) is 20.2. The fourth-order valence-electron chi connectivity index (χ4n) is 3.40. The van der Waals surface area contributed by atoms with E-state index >= 15 is 0 Å². The minimum atomic E-state index is -0.509. The summed E-state index contributed by atoms with van der Waals surface area (Å²) in [7, 11) is 1.61. The van der Waals surface area contributed by atoms with Crippen molar-refractivity contribution in [2.24, 2.45) is 4.99 Å². The summed E-state index contributed by atoms with van der Waals surface area (Å²) in [4.78, 5) is 30.3. The molecular weight excluding hydrogens is 436 g/mol. The predicted molar refractivity (Wildman–Crippen MR) is 127 cm³/mol. The molecular formula is C25H20N4O3S. The molecule has 2 aromatic carbocycles. The SMILES string of the molecule is COc1ccc(CCNC(=O)/C(C#N)=C2/N=C(NC(=O)c3cccs3)c3ccccc32)cc1. The van der Waals surface area contributed by atoms with Crippen LogP contribution in [0.5, 0.6) is 5.75 Å². The molecule has 7 nitrogen and oxygen atoms in total. The van der Waals surface area contributed by atoms with E-state index in [-0.39, 0.29) is 17.2 Å². The second-order valence-electron chi connectivity index (χ2n) is 7.13. The van der Waals surface area contributed by atoms with Crippen molar-refractivity contribution in [1.82, 2.24) is 10.6 Å². The summed E-state index contributed by atoms with van der Waals surface area (Å²) in [6.07, 6.45) is 0.603. The largest absolute Gasteiger partial charge is 0.497 e. The monoisotopic (exact) mass is 456 g/mol. The lowest BCUT2D eigenvalue weighted by Crippen LogP contribution is -2.29. The summed E-state index contributed by atoms with van der Waals surface area (Å²) in [6.45, 7) is 0.358. The number of aliphatic imine (C=N–C) groups is 1. The fraction of sp³-hybridized carbons (Fsp3) is 0.120. The third-order valence-electron chi connectivity index (χ3n) is 5.07. The first kappa shape index (κ1) is 22.0. The zero-order valence-electron chi connectivity index (χ0n) is 17.8. The lowest BCUT2D eigenvalue weighted by Gasteiger charge is -2.07. The molecule has 0 spiro atoms. The Labute approximate surface area is 195 Å². The van der Waals surface area contributed by atoms with Crippen molar-refractivity contribution in [2.75, 3.05) is 13.7 Å². The number of nitrogens with one attached hydrogen (secondary N) is 2. The number of thiophene rings is 1. The van der Waals surface area contributed by atoms with Crippen LogP contribution in [0.2, 0.25) is 0 Å². The summed E-state index contributed by atoms with van der Waals surface area (Å²) >= 11 is 1.32. The number of ether oxygens (including phenoxy) is 1. The minimum absolute atomic E-state index is 0.0995. The molecule has 164 valence electrons. The van der Waals surface area contributed by atoms with Crippen LogP contribution in [0.1, 0.15) is 26.4 Å². The van der Waals surface area contributed by atoms with Gasteiger partial charge in [0.25, 0.3) is 11.8 Å². The van der Waals surface area contributed by atoms with Crippen molar-refractivity contribution in [2.45, 2.75) is 6.42 Å². The van der Waals surface area contributed by atoms with Crippen molar-refractivity contribution < 1.29 is 14.3 Å². The molecule has 0 radical (unpaired) electrons. The highest BCUT2D eigenvalue weighted by Gasteiger charge is 2.27. The highest BCUT2D eigenvalue weighted by molar-refractivity contribution is 7.12. The smallest absolute Gasteiger partial charge is 0.266 e. The van der Waals surface area contributed by atoms with E-state index in [4.69, 9.17) is 4.74 Å². The fourth-order valence-corrected chi connectivity index (χ4v) is 4.02. The van der Waals surface area contributed by atoms with Gasteiger partial charge in [0.2, 0.25) is 0 Å². The Bertz CT molecular complexity index is 1290. The number of nitrogens with zero attached hydrogens (tertiary/aromatic N) is 2. The number of amidine groups is 1. The third kappa shape index (κ3) is 4.84. The molecule has 1 aromatic heterocycles. The molecule has 0 aliphatic carbocycles. The summed E-state index contributed by atoms with van der Waals surface area (Å²) in [5.41, 5.74) is 2.47. The van der Waals surface area contributed by atoms with Crippen LogP contribution in [0.15, 0.2) is 76.6 Å². The Hall–Kier alpha value is -4.22. The van der Waals surface area contributed by atoms with Crippen LogP contribution < -0.4 is 15.4 Å². The summed E-state index contributed by atoms with van der Waals surface area (Å²) in [5, 5.41) is 17.1. The molecule has 8 heteroatoms. The van der Waals surface area contributed by atoms with Gasteiger partial charge in [-0.2, -0.15) is 5.26 Å². The lowest BCUT2D eigenvalue weighted by molar-refractivity contribution is -0.117. The van der Waals surface area contributed by atoms with Gasteiger partial charge in [0.05, 0.1) is 17.7 Å². The number of carbonyl (C=O) groups is 2. The van der Waals surface area contributed by atoms with Crippen molar-refractivity contribution in [1.29, 1.82) is 5.26 Å². The molecule has 2 amide bonds. The Balaban J connectivity index is 1.53. The van der Waals surface area contributed by atoms with Crippen LogP contribution in [0.4, 0.5) is 0 Å². The molecule has 33 heavy (non-hydrogen) atoms. The van der Waals surface area contributed by atoms with Crippen molar-refractivity contribution in [3.05, 3.63) is 93.2 Å². The van der Waals surface area contributed by atoms with Crippen LogP contribution in [0.3, 0.4) is 0 Å². The van der Waals surface area contributed by atoms with Gasteiger partial charge >= 0.3 is 0 Å². The summed E-state index contributed by atoms with van der Waals surface area (Å²) < 4.78 is 5.15. The molecule has 1 aliphatic heterocycles. The molecule has 0 atom stereocenters. The first-order valence-corrected chi connectivity index (χ1v) is 11.1. The topological polar surface area (TPSA) is 104 Å². The van der Waals surface area contributed by atoms with E-state index in [2.05, 4.69) is 15.6 Å². The van der Waals surface area contributed by atoms with Crippen LogP contribution in [-0.2, 0) is 11.2 Å². The van der Waals surface area contributed by atoms with Gasteiger partial charge in [-0.15, -0.1) is 11.3 Å². The maximum Gasteiger partial charge on any atom is 0.266 e. The molecule has 0 bridgehead atoms. The van der Waals surface area contributed by atoms with Gasteiger partial charge in [0.15, 0.2) is 0 Å². The predicted octanol–water partition coefficient (Wildman–Crippen LogP) is 3.54. The molecule has 3 aromatic rings. The highest BCUT2D eigenvalue weighted by atomic mass is 32.1. The van der Waals surface area contributed by atoms with Crippen LogP contribution in [0, 0.1) is 11.3 Å². The average Bonchev–Trinajstić information content (AvgIpc) is 3.50. The van der Waals surface area contributed by atoms with Gasteiger partial charge in [0, 0.05) is 17.7 Å². The molecule has 1 aliphatic rings. The number of rotatable bonds is 6. The van der Waals surface area contributed by atoms with Gasteiger partial charge in [-0.25, -0.2) is 4.99 Å². The van der Waals surface area contributed by atoms with E-state index in [0.29, 0.717) is 34.8 Å². The van der Waals surface area contributed by atoms with E-state index in [0.717, 1.165) is 11.3 Å². The Kier molecular flexibility index (Phi) is 6.62. The van der Waals surface area contributed by atoms with Crippen molar-refractivity contribution >= 4 is 34.7 Å². The molecule has 4 rings (SSSR count). The van der Waals surface area contributed by atoms with Gasteiger partial charge in [-0.1, -0.05) is 42.5 Å². The van der Waals surface area contributed by atoms with Crippen LogP contribution in [-0.4, -0.2) is 31.3 Å². The van der Waals surface area contributed by atoms with E-state index in [9.17, 15) is 14.9 Å². The lowest BCUT2D eigenvalue weighted by atomic mass is 10.0. The second kappa shape index (κ2) is 9.94. The third-order valence-corrected chi connectivity index (χ3v) is 5.94. The van der Waals surface area contributed by atoms with Gasteiger partial charge in [-0.05, 0) is 35.6 Å². The quantitative estimate of drug-likeness (QED) is 0.437. The number of amides is 2. The zero-order chi connectivity index (χ0) is 23.2. The molecule has 0 saturated heterocycles. The van der Waals surface area contributed by atoms with Crippen LogP contribution in [0.25, 0.3) is 5.70 Å². The van der Waals surface area contributed by atoms with Crippen molar-refractivity contribution in [3.63, 3.8) is 0 Å². The highest BCUT2D eigenvalue weighted by Crippen LogP contribution is 2.30. The number of hydrogen-bond donors (Lipinski definition) is 2. The number of fused-ring (bicyclic) bond motifs is 1. The number of methoxy groups -OCH3 is 1. The second-order valence-corrected chi connectivity index (χ2v) is 8.07. The molecule has 0 unspecified atom stereocenters. The average molecular weight is 457 g/mol. The standard InChI is InChI=1S/C25H20N4O3S/c1-32-17-10-8-16(9-11-17)12-13-27-24(30)20(15-26)22-18-5-2-3-6-19(18)23(28-22)29-25(31)21-7-4-14-33-21/h2-11,14H,12-13H2,1H3,(H,27,30)(H,28,29,31)/b22-20+. The normalized spacial score (nSPS) is 13.4. The van der Waals surface area contributed by atoms with E-state index < -0.39 is 5.91 Å². The van der Waals surface area contributed by atoms with E-state index in [1.165, 1.54) is 11.3 Å². The van der Waals surface area contributed by atoms with Gasteiger partial charge in [-0.3, -0.25) is 9.59 Å². The van der Waals surface area contributed by atoms with Gasteiger partial charge < -0.3 is 15.4 Å². The van der Waals surface area contributed by atoms with Crippen LogP contribution >= 0.6 is 11.3 Å². The van der Waals surface area contributed by atoms with Gasteiger partial charge in [0.1, 0.15) is 23.2 Å². The molecule has 2 heterocycles. The number of benzene rings is 2. The minimum Gasteiger partial charge on any atom is -0.497 e. The molecule has 0 saturated carbocycles. The Morgan fingerprint density at radius 3 is 2.48 bits per heavy atom. The summed E-state index contributed by atoms with van der Waals surface area (Å²) in [5.74, 6) is 0.282. The maximum atomic E-state index is 12.8. The molecule has 2 N–H and O–H groups in total. The first-order valence-electron chi connectivity index (χ1n) is 10.2. The Morgan fingerprint density at radius 2 is 1.82 bits per heavy atom.